The molecule has 0 saturated heterocycles. The van der Waals surface area contributed by atoms with Crippen molar-refractivity contribution in [2.75, 3.05) is 7.05 Å². The minimum absolute atomic E-state index is 0.855. The zero-order chi connectivity index (χ0) is 7.82. The molecule has 0 aromatic rings. The lowest BCUT2D eigenvalue weighted by Gasteiger charge is -1.92. The zero-order valence-electron chi connectivity index (χ0n) is 6.63. The Morgan fingerprint density at radius 2 is 2.20 bits per heavy atom. The molecule has 56 valence electrons. The van der Waals surface area contributed by atoms with Crippen LogP contribution in [0.15, 0.2) is 22.3 Å². The van der Waals surface area contributed by atoms with Crippen LogP contribution in [-0.4, -0.2) is 19.2 Å². The van der Waals surface area contributed by atoms with E-state index >= 15 is 0 Å². The molecule has 0 amide bonds. The van der Waals surface area contributed by atoms with Gasteiger partial charge >= 0.3 is 0 Å². The minimum atomic E-state index is 0.855. The molecule has 0 aliphatic heterocycles. The van der Waals surface area contributed by atoms with Gasteiger partial charge in [0.15, 0.2) is 0 Å². The molecule has 0 atom stereocenters. The summed E-state index contributed by atoms with van der Waals surface area (Å²) in [7, 11) is 1.73. The predicted molar refractivity (Wildman–Crippen MR) is 45.5 cm³/mol. The zero-order valence-corrected chi connectivity index (χ0v) is 6.63. The van der Waals surface area contributed by atoms with Crippen molar-refractivity contribution in [1.82, 2.24) is 5.32 Å². The summed E-state index contributed by atoms with van der Waals surface area (Å²) >= 11 is 0. The summed E-state index contributed by atoms with van der Waals surface area (Å²) in [6.45, 7) is 3.79. The van der Waals surface area contributed by atoms with Crippen molar-refractivity contribution in [3.8, 4) is 0 Å². The van der Waals surface area contributed by atoms with Crippen LogP contribution in [0.4, 0.5) is 0 Å². The number of allylic oxidation sites excluding steroid dienone is 1. The van der Waals surface area contributed by atoms with Crippen LogP contribution >= 0.6 is 0 Å². The third-order valence-corrected chi connectivity index (χ3v) is 0.919. The Morgan fingerprint density at radius 3 is 2.70 bits per heavy atom. The van der Waals surface area contributed by atoms with Crippen LogP contribution < -0.4 is 5.32 Å². The molecule has 3 nitrogen and oxygen atoms in total. The van der Waals surface area contributed by atoms with E-state index < -0.39 is 0 Å². The maximum atomic E-state index is 3.88. The molecule has 0 spiro atoms. The summed E-state index contributed by atoms with van der Waals surface area (Å²) in [5, 5.41) is 2.87. The first-order valence-corrected chi connectivity index (χ1v) is 3.14. The maximum Gasteiger partial charge on any atom is 0.0979 e. The first-order chi connectivity index (χ1) is 4.81. The molecule has 0 heterocycles. The molecule has 0 fully saturated rings. The number of amidine groups is 1. The Labute approximate surface area is 61.6 Å². The minimum Gasteiger partial charge on any atom is -0.335 e. The average Bonchev–Trinajstić information content (AvgIpc) is 1.98. The molecular formula is C7H13N3. The fourth-order valence-corrected chi connectivity index (χ4v) is 0.324. The van der Waals surface area contributed by atoms with Crippen molar-refractivity contribution in [2.24, 2.45) is 9.98 Å². The Bertz CT molecular complexity index is 156. The van der Waals surface area contributed by atoms with Gasteiger partial charge in [-0.15, -0.1) is 0 Å². The molecule has 0 aromatic carbocycles. The summed E-state index contributed by atoms with van der Waals surface area (Å²) < 4.78 is 0. The Morgan fingerprint density at radius 1 is 1.50 bits per heavy atom. The van der Waals surface area contributed by atoms with Crippen molar-refractivity contribution in [3.05, 3.63) is 12.3 Å². The molecule has 0 aromatic heterocycles. The van der Waals surface area contributed by atoms with Gasteiger partial charge in [0.05, 0.1) is 12.2 Å². The average molecular weight is 139 g/mol. The summed E-state index contributed by atoms with van der Waals surface area (Å²) in [6, 6.07) is 0. The standard InChI is InChI=1S/C7H13N3/c1-4-5-9-6-10-7(2)8-3/h4-6H,1-3H3,(H,8,9,10)/b5-4+. The molecule has 10 heavy (non-hydrogen) atoms. The van der Waals surface area contributed by atoms with E-state index in [1.807, 2.05) is 19.9 Å². The number of aliphatic imine (C=N–C) groups is 2. The van der Waals surface area contributed by atoms with Crippen molar-refractivity contribution >= 4 is 12.2 Å². The molecule has 3 heteroatoms. The molecule has 0 aliphatic rings. The van der Waals surface area contributed by atoms with E-state index in [0.29, 0.717) is 0 Å². The number of hydrogen-bond donors (Lipinski definition) is 1. The van der Waals surface area contributed by atoms with E-state index in [1.54, 1.807) is 19.6 Å². The van der Waals surface area contributed by atoms with Crippen LogP contribution in [0.1, 0.15) is 13.8 Å². The molecule has 0 bridgehead atoms. The molecule has 0 saturated carbocycles. The summed E-state index contributed by atoms with van der Waals surface area (Å²) in [5.74, 6) is 0.855. The third kappa shape index (κ3) is 5.03. The normalized spacial score (nSPS) is 13.3. The van der Waals surface area contributed by atoms with E-state index in [1.165, 1.54) is 0 Å². The summed E-state index contributed by atoms with van der Waals surface area (Å²) in [4.78, 5) is 7.76. The lowest BCUT2D eigenvalue weighted by molar-refractivity contribution is 1.28. The molecule has 0 radical (unpaired) electrons. The van der Waals surface area contributed by atoms with Crippen LogP contribution in [0.25, 0.3) is 0 Å². The van der Waals surface area contributed by atoms with Crippen LogP contribution in [0.3, 0.4) is 0 Å². The van der Waals surface area contributed by atoms with Gasteiger partial charge in [0.2, 0.25) is 0 Å². The number of hydrogen-bond acceptors (Lipinski definition) is 2. The van der Waals surface area contributed by atoms with E-state index in [0.717, 1.165) is 5.84 Å². The summed E-state index contributed by atoms with van der Waals surface area (Å²) in [5.41, 5.74) is 0. The molecule has 0 aliphatic carbocycles. The van der Waals surface area contributed by atoms with Crippen molar-refractivity contribution in [2.45, 2.75) is 13.8 Å². The van der Waals surface area contributed by atoms with E-state index in [9.17, 15) is 0 Å². The van der Waals surface area contributed by atoms with Gasteiger partial charge in [0.25, 0.3) is 0 Å². The smallest absolute Gasteiger partial charge is 0.0979 e. The monoisotopic (exact) mass is 139 g/mol. The number of rotatable bonds is 2. The highest BCUT2D eigenvalue weighted by molar-refractivity contribution is 5.89. The SMILES string of the molecule is C/C=C/N=CNC(C)=NC. The Balaban J connectivity index is 3.53. The Hall–Kier alpha value is -1.12. The fourth-order valence-electron chi connectivity index (χ4n) is 0.324. The van der Waals surface area contributed by atoms with Gasteiger partial charge in [-0.3, -0.25) is 4.99 Å². The van der Waals surface area contributed by atoms with E-state index in [-0.39, 0.29) is 0 Å². The van der Waals surface area contributed by atoms with Gasteiger partial charge in [-0.1, -0.05) is 6.08 Å². The maximum absolute atomic E-state index is 3.88. The largest absolute Gasteiger partial charge is 0.335 e. The van der Waals surface area contributed by atoms with Crippen LogP contribution in [0.5, 0.6) is 0 Å². The quantitative estimate of drug-likeness (QED) is 0.452. The third-order valence-electron chi connectivity index (χ3n) is 0.919. The fraction of sp³-hybridized carbons (Fsp3) is 0.429. The van der Waals surface area contributed by atoms with Gasteiger partial charge in [0, 0.05) is 13.2 Å². The highest BCUT2D eigenvalue weighted by Gasteiger charge is 1.77. The van der Waals surface area contributed by atoms with Crippen LogP contribution in [0.2, 0.25) is 0 Å². The van der Waals surface area contributed by atoms with Gasteiger partial charge in [-0.25, -0.2) is 4.99 Å². The first kappa shape index (κ1) is 8.88. The lowest BCUT2D eigenvalue weighted by Crippen LogP contribution is -2.17. The van der Waals surface area contributed by atoms with Crippen LogP contribution in [0, 0.1) is 0 Å². The van der Waals surface area contributed by atoms with Gasteiger partial charge in [-0.2, -0.15) is 0 Å². The second kappa shape index (κ2) is 6.01. The molecule has 0 rings (SSSR count). The van der Waals surface area contributed by atoms with Crippen molar-refractivity contribution in [1.29, 1.82) is 0 Å². The van der Waals surface area contributed by atoms with Crippen LogP contribution in [-0.2, 0) is 0 Å². The Kier molecular flexibility index (Phi) is 5.33. The highest BCUT2D eigenvalue weighted by atomic mass is 15.0. The second-order valence-corrected chi connectivity index (χ2v) is 1.71. The number of nitrogens with one attached hydrogen (secondary N) is 1. The number of nitrogens with zero attached hydrogens (tertiary/aromatic N) is 2. The lowest BCUT2D eigenvalue weighted by atomic mass is 10.7. The van der Waals surface area contributed by atoms with Crippen molar-refractivity contribution < 1.29 is 0 Å². The molecular weight excluding hydrogens is 126 g/mol. The highest BCUT2D eigenvalue weighted by Crippen LogP contribution is 1.69. The predicted octanol–water partition coefficient (Wildman–Crippen LogP) is 1.19. The summed E-state index contributed by atoms with van der Waals surface area (Å²) in [6.07, 6.45) is 5.16. The van der Waals surface area contributed by atoms with Gasteiger partial charge in [0.1, 0.15) is 0 Å². The second-order valence-electron chi connectivity index (χ2n) is 1.71. The van der Waals surface area contributed by atoms with Gasteiger partial charge < -0.3 is 5.32 Å². The molecule has 0 unspecified atom stereocenters. The molecule has 1 N–H and O–H groups in total. The van der Waals surface area contributed by atoms with E-state index in [4.69, 9.17) is 0 Å². The topological polar surface area (TPSA) is 36.8 Å². The van der Waals surface area contributed by atoms with E-state index in [2.05, 4.69) is 15.3 Å². The van der Waals surface area contributed by atoms with Gasteiger partial charge in [-0.05, 0) is 13.8 Å². The first-order valence-electron chi connectivity index (χ1n) is 3.14. The van der Waals surface area contributed by atoms with Crippen molar-refractivity contribution in [3.63, 3.8) is 0 Å².